The minimum absolute atomic E-state index is 0.885. The molecule has 0 unspecified atom stereocenters. The molecule has 1 aromatic heterocycles. The van der Waals surface area contributed by atoms with Crippen LogP contribution in [0, 0.1) is 0 Å². The summed E-state index contributed by atoms with van der Waals surface area (Å²) >= 11 is 0. The van der Waals surface area contributed by atoms with Crippen LogP contribution >= 0.6 is 0 Å². The molecule has 0 saturated carbocycles. The molecule has 2 heteroatoms. The normalized spacial score (nSPS) is 10.6. The second-order valence-corrected chi connectivity index (χ2v) is 3.38. The molecule has 0 fully saturated rings. The first kappa shape index (κ1) is 10.4. The number of rotatable bonds is 3. The maximum absolute atomic E-state index is 5.27. The van der Waals surface area contributed by atoms with Crippen LogP contribution in [-0.2, 0) is 0 Å². The Hall–Kier alpha value is -2.09. The van der Waals surface area contributed by atoms with E-state index in [9.17, 15) is 0 Å². The summed E-state index contributed by atoms with van der Waals surface area (Å²) in [7, 11) is 1.68. The molecule has 0 spiro atoms. The molecule has 0 aliphatic rings. The van der Waals surface area contributed by atoms with Crippen LogP contribution in [0.15, 0.2) is 54.9 Å². The van der Waals surface area contributed by atoms with E-state index in [1.165, 1.54) is 0 Å². The van der Waals surface area contributed by atoms with Gasteiger partial charge in [0.05, 0.1) is 7.11 Å². The van der Waals surface area contributed by atoms with Crippen LogP contribution in [0.25, 0.3) is 12.3 Å². The molecule has 0 aliphatic carbocycles. The highest BCUT2D eigenvalue weighted by atomic mass is 16.5. The van der Waals surface area contributed by atoms with Gasteiger partial charge >= 0.3 is 0 Å². The largest absolute Gasteiger partial charge is 0.496 e. The maximum atomic E-state index is 5.27. The number of ether oxygens (including phenoxy) is 1. The fraction of sp³-hybridized carbons (Fsp3) is 0.0714. The number of benzene rings is 1. The Morgan fingerprint density at radius 2 is 1.75 bits per heavy atom. The Bertz CT molecular complexity index is 477. The number of nitrogens with zero attached hydrogens (tertiary/aromatic N) is 1. The zero-order valence-electron chi connectivity index (χ0n) is 9.21. The number of hydrogen-bond donors (Lipinski definition) is 0. The molecule has 0 aliphatic heterocycles. The molecule has 1 aromatic carbocycles. The molecule has 2 nitrogen and oxygen atoms in total. The van der Waals surface area contributed by atoms with Crippen molar-refractivity contribution in [2.45, 2.75) is 0 Å². The number of para-hydroxylation sites is 1. The second-order valence-electron chi connectivity index (χ2n) is 3.38. The highest BCUT2D eigenvalue weighted by molar-refractivity contribution is 5.62. The summed E-state index contributed by atoms with van der Waals surface area (Å²) in [5.74, 6) is 0.885. The Morgan fingerprint density at radius 3 is 2.50 bits per heavy atom. The predicted molar refractivity (Wildman–Crippen MR) is 64.9 cm³/mol. The first-order valence-electron chi connectivity index (χ1n) is 5.17. The Balaban J connectivity index is 2.24. The van der Waals surface area contributed by atoms with Gasteiger partial charge in [0.25, 0.3) is 0 Å². The second kappa shape index (κ2) is 5.12. The van der Waals surface area contributed by atoms with E-state index in [2.05, 4.69) is 0 Å². The molecule has 0 amide bonds. The quantitative estimate of drug-likeness (QED) is 0.713. The van der Waals surface area contributed by atoms with Gasteiger partial charge in [-0.25, -0.2) is 0 Å². The lowest BCUT2D eigenvalue weighted by molar-refractivity contribution is -0.567. The summed E-state index contributed by atoms with van der Waals surface area (Å²) in [6.45, 7) is 0. The molecule has 0 radical (unpaired) electrons. The van der Waals surface area contributed by atoms with Gasteiger partial charge in [-0.1, -0.05) is 24.3 Å². The Kier molecular flexibility index (Phi) is 3.34. The topological polar surface area (TPSA) is 13.1 Å². The lowest BCUT2D eigenvalue weighted by Crippen LogP contribution is -2.23. The van der Waals surface area contributed by atoms with Gasteiger partial charge in [0.15, 0.2) is 18.6 Å². The van der Waals surface area contributed by atoms with Crippen molar-refractivity contribution in [3.05, 3.63) is 60.4 Å². The smallest absolute Gasteiger partial charge is 0.175 e. The third-order valence-electron chi connectivity index (χ3n) is 2.30. The van der Waals surface area contributed by atoms with Crippen molar-refractivity contribution in [2.75, 3.05) is 7.11 Å². The van der Waals surface area contributed by atoms with Crippen molar-refractivity contribution in [1.29, 1.82) is 0 Å². The number of pyridine rings is 1. The summed E-state index contributed by atoms with van der Waals surface area (Å²) in [6, 6.07) is 13.9. The van der Waals surface area contributed by atoms with E-state index >= 15 is 0 Å². The van der Waals surface area contributed by atoms with Crippen molar-refractivity contribution >= 4 is 12.3 Å². The average molecular weight is 212 g/mol. The summed E-state index contributed by atoms with van der Waals surface area (Å²) in [6.07, 6.45) is 8.01. The third-order valence-corrected chi connectivity index (χ3v) is 2.30. The standard InChI is InChI=1S/C14H14NO/c1-16-14-8-4-3-7-13(14)9-12-15-10-5-2-6-11-15/h2-12H,1H3/q+1. The van der Waals surface area contributed by atoms with E-state index in [1.54, 1.807) is 7.11 Å². The van der Waals surface area contributed by atoms with Crippen LogP contribution in [0.4, 0.5) is 0 Å². The van der Waals surface area contributed by atoms with E-state index in [-0.39, 0.29) is 0 Å². The van der Waals surface area contributed by atoms with Gasteiger partial charge < -0.3 is 4.74 Å². The Labute approximate surface area is 95.4 Å². The molecule has 0 bridgehead atoms. The van der Waals surface area contributed by atoms with Crippen LogP contribution in [0.3, 0.4) is 0 Å². The van der Waals surface area contributed by atoms with E-state index in [0.29, 0.717) is 0 Å². The van der Waals surface area contributed by atoms with Gasteiger partial charge in [0, 0.05) is 23.8 Å². The molecule has 80 valence electrons. The fourth-order valence-corrected chi connectivity index (χ4v) is 1.48. The highest BCUT2D eigenvalue weighted by Gasteiger charge is 1.98. The molecule has 0 saturated heterocycles. The molecule has 2 rings (SSSR count). The predicted octanol–water partition coefficient (Wildman–Crippen LogP) is 2.61. The van der Waals surface area contributed by atoms with E-state index < -0.39 is 0 Å². The highest BCUT2D eigenvalue weighted by Crippen LogP contribution is 2.18. The van der Waals surface area contributed by atoms with E-state index in [4.69, 9.17) is 4.74 Å². The van der Waals surface area contributed by atoms with Gasteiger partial charge in [-0.05, 0) is 6.07 Å². The van der Waals surface area contributed by atoms with E-state index in [0.717, 1.165) is 11.3 Å². The first-order chi connectivity index (χ1) is 7.90. The van der Waals surface area contributed by atoms with Crippen LogP contribution in [0.1, 0.15) is 5.56 Å². The van der Waals surface area contributed by atoms with Gasteiger partial charge in [0.1, 0.15) is 5.75 Å². The summed E-state index contributed by atoms with van der Waals surface area (Å²) in [4.78, 5) is 0. The van der Waals surface area contributed by atoms with Crippen molar-refractivity contribution in [3.63, 3.8) is 0 Å². The van der Waals surface area contributed by atoms with Gasteiger partial charge in [-0.2, -0.15) is 4.57 Å². The summed E-state index contributed by atoms with van der Waals surface area (Å²) in [5.41, 5.74) is 1.07. The third kappa shape index (κ3) is 2.48. The molecular formula is C14H14NO+. The average Bonchev–Trinajstić information content (AvgIpc) is 2.38. The fourth-order valence-electron chi connectivity index (χ4n) is 1.48. The van der Waals surface area contributed by atoms with E-state index in [1.807, 2.05) is 71.7 Å². The molecular weight excluding hydrogens is 198 g/mol. The van der Waals surface area contributed by atoms with Crippen molar-refractivity contribution in [3.8, 4) is 5.75 Å². The zero-order chi connectivity index (χ0) is 11.2. The van der Waals surface area contributed by atoms with Crippen LogP contribution in [0.2, 0.25) is 0 Å². The summed E-state index contributed by atoms with van der Waals surface area (Å²) in [5, 5.41) is 0. The van der Waals surface area contributed by atoms with Gasteiger partial charge in [-0.3, -0.25) is 0 Å². The van der Waals surface area contributed by atoms with Crippen LogP contribution in [-0.4, -0.2) is 7.11 Å². The van der Waals surface area contributed by atoms with Gasteiger partial charge in [-0.15, -0.1) is 0 Å². The number of aromatic nitrogens is 1. The zero-order valence-corrected chi connectivity index (χ0v) is 9.21. The molecule has 2 aromatic rings. The number of methoxy groups -OCH3 is 1. The summed E-state index contributed by atoms with van der Waals surface area (Å²) < 4.78 is 7.27. The first-order valence-corrected chi connectivity index (χ1v) is 5.17. The number of hydrogen-bond acceptors (Lipinski definition) is 1. The monoisotopic (exact) mass is 212 g/mol. The van der Waals surface area contributed by atoms with Crippen LogP contribution in [0.5, 0.6) is 5.75 Å². The van der Waals surface area contributed by atoms with Crippen molar-refractivity contribution in [1.82, 2.24) is 0 Å². The maximum Gasteiger partial charge on any atom is 0.175 e. The molecule has 0 atom stereocenters. The van der Waals surface area contributed by atoms with Gasteiger partial charge in [0.2, 0.25) is 0 Å². The minimum Gasteiger partial charge on any atom is -0.496 e. The lowest BCUT2D eigenvalue weighted by Gasteiger charge is -2.01. The lowest BCUT2D eigenvalue weighted by atomic mass is 10.2. The molecule has 0 N–H and O–H groups in total. The Morgan fingerprint density at radius 1 is 1.00 bits per heavy atom. The minimum atomic E-state index is 0.885. The van der Waals surface area contributed by atoms with Crippen molar-refractivity contribution in [2.24, 2.45) is 0 Å². The molecule has 1 heterocycles. The molecule has 16 heavy (non-hydrogen) atoms. The SMILES string of the molecule is COc1ccccc1C=C[n+]1ccccc1. The van der Waals surface area contributed by atoms with Crippen LogP contribution < -0.4 is 9.30 Å². The van der Waals surface area contributed by atoms with Crippen molar-refractivity contribution < 1.29 is 9.30 Å².